The van der Waals surface area contributed by atoms with Gasteiger partial charge in [-0.25, -0.2) is 8.42 Å². The molecule has 1 aliphatic heterocycles. The number of carbonyl (C=O) groups excluding carboxylic acids is 2. The molecular formula is C15H21N3O5S. The summed E-state index contributed by atoms with van der Waals surface area (Å²) in [6.45, 7) is 0.133. The van der Waals surface area contributed by atoms with Crippen LogP contribution in [0, 0.1) is 0 Å². The molecule has 1 saturated heterocycles. The predicted octanol–water partition coefficient (Wildman–Crippen LogP) is 0.303. The summed E-state index contributed by atoms with van der Waals surface area (Å²) in [5, 5.41) is 2.71. The molecule has 9 heteroatoms. The Hall–Kier alpha value is -2.13. The van der Waals surface area contributed by atoms with Gasteiger partial charge in [0.05, 0.1) is 6.26 Å². The van der Waals surface area contributed by atoms with Gasteiger partial charge in [-0.1, -0.05) is 6.42 Å². The normalized spacial score (nSPS) is 18.8. The number of sulfonamides is 1. The number of benzene rings is 1. The van der Waals surface area contributed by atoms with Crippen molar-refractivity contribution < 1.29 is 22.7 Å². The Labute approximate surface area is 141 Å². The second kappa shape index (κ2) is 7.63. The monoisotopic (exact) mass is 355 g/mol. The van der Waals surface area contributed by atoms with Gasteiger partial charge < -0.3 is 15.8 Å². The minimum absolute atomic E-state index is 0.225. The third-order valence-corrected chi connectivity index (χ3v) is 4.97. The third kappa shape index (κ3) is 4.93. The highest BCUT2D eigenvalue weighted by Crippen LogP contribution is 2.22. The van der Waals surface area contributed by atoms with E-state index in [-0.39, 0.29) is 12.5 Å². The number of primary amides is 1. The number of ether oxygens (including phenoxy) is 1. The number of nitrogens with one attached hydrogen (secondary N) is 1. The van der Waals surface area contributed by atoms with E-state index in [1.807, 2.05) is 0 Å². The second-order valence-electron chi connectivity index (χ2n) is 5.65. The highest BCUT2D eigenvalue weighted by Gasteiger charge is 2.34. The Morgan fingerprint density at radius 3 is 2.54 bits per heavy atom. The maximum atomic E-state index is 12.4. The molecular weight excluding hydrogens is 334 g/mol. The molecule has 3 N–H and O–H groups in total. The van der Waals surface area contributed by atoms with Crippen molar-refractivity contribution in [3.05, 3.63) is 24.3 Å². The third-order valence-electron chi connectivity index (χ3n) is 3.69. The number of piperidine rings is 1. The lowest BCUT2D eigenvalue weighted by atomic mass is 10.0. The standard InChI is InChI=1S/C15H21N3O5S/c1-24(21,22)18-9-3-2-4-13(18)15(20)17-11-5-7-12(8-6-11)23-10-14(16)19/h5-8,13H,2-4,9-10H2,1H3,(H2,16,19)(H,17,20). The number of hydrogen-bond donors (Lipinski definition) is 2. The average molecular weight is 355 g/mol. The number of carbonyl (C=O) groups is 2. The van der Waals surface area contributed by atoms with Crippen LogP contribution in [-0.2, 0) is 19.6 Å². The van der Waals surface area contributed by atoms with Crippen molar-refractivity contribution >= 4 is 27.5 Å². The first kappa shape index (κ1) is 18.2. The van der Waals surface area contributed by atoms with Gasteiger partial charge >= 0.3 is 0 Å². The number of amides is 2. The van der Waals surface area contributed by atoms with E-state index in [0.717, 1.165) is 19.1 Å². The fourth-order valence-corrected chi connectivity index (χ4v) is 3.70. The molecule has 24 heavy (non-hydrogen) atoms. The first-order valence-corrected chi connectivity index (χ1v) is 9.41. The van der Waals surface area contributed by atoms with Crippen molar-refractivity contribution in [2.75, 3.05) is 24.7 Å². The Bertz CT molecular complexity index is 702. The summed E-state index contributed by atoms with van der Waals surface area (Å²) in [5.41, 5.74) is 5.51. The molecule has 1 heterocycles. The van der Waals surface area contributed by atoms with E-state index in [0.29, 0.717) is 24.4 Å². The molecule has 1 atom stereocenters. The van der Waals surface area contributed by atoms with E-state index < -0.39 is 22.0 Å². The molecule has 1 aromatic carbocycles. The molecule has 0 radical (unpaired) electrons. The van der Waals surface area contributed by atoms with Crippen molar-refractivity contribution in [2.45, 2.75) is 25.3 Å². The van der Waals surface area contributed by atoms with Crippen LogP contribution in [0.25, 0.3) is 0 Å². The van der Waals surface area contributed by atoms with E-state index in [1.54, 1.807) is 24.3 Å². The smallest absolute Gasteiger partial charge is 0.255 e. The van der Waals surface area contributed by atoms with E-state index in [2.05, 4.69) is 5.32 Å². The molecule has 2 rings (SSSR count). The zero-order valence-corrected chi connectivity index (χ0v) is 14.2. The molecule has 132 valence electrons. The topological polar surface area (TPSA) is 119 Å². The van der Waals surface area contributed by atoms with Crippen LogP contribution in [0.4, 0.5) is 5.69 Å². The van der Waals surface area contributed by atoms with E-state index in [4.69, 9.17) is 10.5 Å². The minimum Gasteiger partial charge on any atom is -0.484 e. The van der Waals surface area contributed by atoms with Crippen molar-refractivity contribution in [2.24, 2.45) is 5.73 Å². The average Bonchev–Trinajstić information content (AvgIpc) is 2.53. The number of nitrogens with zero attached hydrogens (tertiary/aromatic N) is 1. The van der Waals surface area contributed by atoms with Crippen LogP contribution in [0.15, 0.2) is 24.3 Å². The number of rotatable bonds is 6. The van der Waals surface area contributed by atoms with Gasteiger partial charge in [-0.3, -0.25) is 9.59 Å². The van der Waals surface area contributed by atoms with Crippen LogP contribution < -0.4 is 15.8 Å². The Kier molecular flexibility index (Phi) is 5.79. The number of nitrogens with two attached hydrogens (primary N) is 1. The fourth-order valence-electron chi connectivity index (χ4n) is 2.58. The molecule has 2 amide bonds. The second-order valence-corrected chi connectivity index (χ2v) is 7.59. The molecule has 0 saturated carbocycles. The van der Waals surface area contributed by atoms with Gasteiger partial charge in [-0.15, -0.1) is 0 Å². The van der Waals surface area contributed by atoms with Crippen LogP contribution in [-0.4, -0.2) is 50.0 Å². The quantitative estimate of drug-likeness (QED) is 0.761. The summed E-state index contributed by atoms with van der Waals surface area (Å²) in [4.78, 5) is 23.1. The van der Waals surface area contributed by atoms with Crippen molar-refractivity contribution in [3.63, 3.8) is 0 Å². The Morgan fingerprint density at radius 1 is 1.29 bits per heavy atom. The molecule has 1 unspecified atom stereocenters. The van der Waals surface area contributed by atoms with Crippen LogP contribution in [0.1, 0.15) is 19.3 Å². The minimum atomic E-state index is -3.43. The van der Waals surface area contributed by atoms with Gasteiger partial charge in [0.15, 0.2) is 6.61 Å². The molecule has 0 spiro atoms. The highest BCUT2D eigenvalue weighted by molar-refractivity contribution is 7.88. The van der Waals surface area contributed by atoms with Gasteiger partial charge in [0.25, 0.3) is 5.91 Å². The fraction of sp³-hybridized carbons (Fsp3) is 0.467. The maximum Gasteiger partial charge on any atom is 0.255 e. The predicted molar refractivity (Wildman–Crippen MR) is 88.9 cm³/mol. The van der Waals surface area contributed by atoms with Crippen LogP contribution in [0.2, 0.25) is 0 Å². The lowest BCUT2D eigenvalue weighted by Crippen LogP contribution is -2.49. The van der Waals surface area contributed by atoms with Crippen molar-refractivity contribution in [1.82, 2.24) is 4.31 Å². The highest BCUT2D eigenvalue weighted by atomic mass is 32.2. The number of anilines is 1. The van der Waals surface area contributed by atoms with Crippen LogP contribution >= 0.6 is 0 Å². The van der Waals surface area contributed by atoms with E-state index in [9.17, 15) is 18.0 Å². The molecule has 0 aromatic heterocycles. The largest absolute Gasteiger partial charge is 0.484 e. The van der Waals surface area contributed by atoms with Gasteiger partial charge in [-0.2, -0.15) is 4.31 Å². The van der Waals surface area contributed by atoms with Crippen molar-refractivity contribution in [3.8, 4) is 5.75 Å². The summed E-state index contributed by atoms with van der Waals surface area (Å²) in [6, 6.07) is 5.71. The molecule has 0 bridgehead atoms. The summed E-state index contributed by atoms with van der Waals surface area (Å²) in [7, 11) is -3.43. The number of hydrogen-bond acceptors (Lipinski definition) is 5. The molecule has 8 nitrogen and oxygen atoms in total. The van der Waals surface area contributed by atoms with Crippen molar-refractivity contribution in [1.29, 1.82) is 0 Å². The Morgan fingerprint density at radius 2 is 1.96 bits per heavy atom. The lowest BCUT2D eigenvalue weighted by molar-refractivity contribution is -0.121. The lowest BCUT2D eigenvalue weighted by Gasteiger charge is -2.32. The van der Waals surface area contributed by atoms with E-state index in [1.165, 1.54) is 4.31 Å². The molecule has 0 aliphatic carbocycles. The SMILES string of the molecule is CS(=O)(=O)N1CCCCC1C(=O)Nc1ccc(OCC(N)=O)cc1. The molecule has 1 aliphatic rings. The maximum absolute atomic E-state index is 12.4. The first-order chi connectivity index (χ1) is 11.3. The molecule has 1 fully saturated rings. The van der Waals surface area contributed by atoms with Gasteiger partial charge in [-0.05, 0) is 37.1 Å². The van der Waals surface area contributed by atoms with Crippen LogP contribution in [0.3, 0.4) is 0 Å². The van der Waals surface area contributed by atoms with Crippen LogP contribution in [0.5, 0.6) is 5.75 Å². The zero-order chi connectivity index (χ0) is 17.7. The summed E-state index contributed by atoms with van der Waals surface area (Å²) < 4.78 is 30.0. The Balaban J connectivity index is 2.01. The zero-order valence-electron chi connectivity index (χ0n) is 13.4. The first-order valence-electron chi connectivity index (χ1n) is 7.56. The summed E-state index contributed by atoms with van der Waals surface area (Å²) in [6.07, 6.45) is 3.18. The summed E-state index contributed by atoms with van der Waals surface area (Å²) >= 11 is 0. The summed E-state index contributed by atoms with van der Waals surface area (Å²) in [5.74, 6) is -0.487. The molecule has 1 aromatic rings. The van der Waals surface area contributed by atoms with Gasteiger partial charge in [0.2, 0.25) is 15.9 Å². The van der Waals surface area contributed by atoms with Gasteiger partial charge in [0.1, 0.15) is 11.8 Å². The van der Waals surface area contributed by atoms with E-state index >= 15 is 0 Å². The van der Waals surface area contributed by atoms with Gasteiger partial charge in [0, 0.05) is 12.2 Å².